The molecule has 3 rings (SSSR count). The van der Waals surface area contributed by atoms with Gasteiger partial charge in [-0.2, -0.15) is 10.3 Å². The number of hydrogen-bond donors (Lipinski definition) is 0. The number of nitrogens with zero attached hydrogens (tertiary/aromatic N) is 5. The molecule has 0 N–H and O–H groups in total. The number of aromatic nitrogens is 1. The van der Waals surface area contributed by atoms with Gasteiger partial charge in [-0.05, 0) is 75.1 Å². The van der Waals surface area contributed by atoms with Gasteiger partial charge in [-0.15, -0.1) is 0 Å². The molecule has 1 aromatic heterocycles. The van der Waals surface area contributed by atoms with Crippen molar-refractivity contribution in [3.05, 3.63) is 50.4 Å². The topological polar surface area (TPSA) is 97.6 Å². The third-order valence-corrected chi connectivity index (χ3v) is 11.2. The molecule has 0 radical (unpaired) electrons. The van der Waals surface area contributed by atoms with Crippen molar-refractivity contribution >= 4 is 40.3 Å². The monoisotopic (exact) mass is 715 g/mol. The predicted octanol–water partition coefficient (Wildman–Crippen LogP) is 9.99. The van der Waals surface area contributed by atoms with Crippen LogP contribution in [-0.4, -0.2) is 52.9 Å². The number of thiazole rings is 1. The smallest absolute Gasteiger partial charge is 0.290 e. The number of imide groups is 1. The van der Waals surface area contributed by atoms with E-state index in [-0.39, 0.29) is 11.1 Å². The zero-order valence-electron chi connectivity index (χ0n) is 33.3. The number of unbranched alkanes of at least 4 members (excludes halogenated alkanes) is 2. The van der Waals surface area contributed by atoms with Crippen LogP contribution in [0.5, 0.6) is 0 Å². The van der Waals surface area contributed by atoms with E-state index in [2.05, 4.69) is 65.5 Å². The van der Waals surface area contributed by atoms with Gasteiger partial charge in [-0.25, -0.2) is 9.99 Å². The maximum absolute atomic E-state index is 14.3. The molecule has 51 heavy (non-hydrogen) atoms. The first-order valence-electron chi connectivity index (χ1n) is 18.9. The summed E-state index contributed by atoms with van der Waals surface area (Å²) in [5, 5.41) is 12.9. The maximum Gasteiger partial charge on any atom is 0.290 e. The number of hydrazine groups is 1. The number of aryl methyl sites for hydroxylation is 3. The number of rotatable bonds is 16. The second-order valence-electron chi connectivity index (χ2n) is 15.4. The summed E-state index contributed by atoms with van der Waals surface area (Å²) < 4.78 is 0. The molecule has 0 spiro atoms. The van der Waals surface area contributed by atoms with Crippen LogP contribution < -0.4 is 4.90 Å². The third-order valence-electron chi connectivity index (χ3n) is 10.1. The van der Waals surface area contributed by atoms with Gasteiger partial charge in [-0.3, -0.25) is 14.4 Å². The van der Waals surface area contributed by atoms with Gasteiger partial charge < -0.3 is 4.90 Å². The van der Waals surface area contributed by atoms with E-state index in [0.717, 1.165) is 86.7 Å². The van der Waals surface area contributed by atoms with Gasteiger partial charge in [0.25, 0.3) is 11.8 Å². The van der Waals surface area contributed by atoms with Crippen LogP contribution in [0.25, 0.3) is 17.3 Å². The van der Waals surface area contributed by atoms with Gasteiger partial charge in [0.05, 0.1) is 10.6 Å². The molecule has 9 heteroatoms. The summed E-state index contributed by atoms with van der Waals surface area (Å²) in [6.45, 7) is 24.0. The lowest BCUT2D eigenvalue weighted by molar-refractivity contribution is -0.171. The summed E-state index contributed by atoms with van der Waals surface area (Å²) in [4.78, 5) is 49.9. The number of anilines is 1. The van der Waals surface area contributed by atoms with Crippen molar-refractivity contribution in [2.75, 3.05) is 25.0 Å². The molecule has 278 valence electrons. The van der Waals surface area contributed by atoms with Crippen molar-refractivity contribution in [3.63, 3.8) is 0 Å². The number of hydrogen-bond acceptors (Lipinski definition) is 7. The number of benzene rings is 1. The van der Waals surface area contributed by atoms with E-state index in [9.17, 15) is 19.6 Å². The van der Waals surface area contributed by atoms with E-state index < -0.39 is 23.1 Å². The van der Waals surface area contributed by atoms with Crippen LogP contribution in [-0.2, 0) is 14.4 Å². The number of carbonyl (C=O) groups is 3. The van der Waals surface area contributed by atoms with Gasteiger partial charge in [0.2, 0.25) is 5.91 Å². The summed E-state index contributed by atoms with van der Waals surface area (Å²) in [7, 11) is 1.41. The first-order valence-corrected chi connectivity index (χ1v) is 19.7. The Hall–Kier alpha value is -3.77. The fourth-order valence-electron chi connectivity index (χ4n) is 7.02. The third kappa shape index (κ3) is 9.77. The Kier molecular flexibility index (Phi) is 14.8. The molecule has 8 nitrogen and oxygen atoms in total. The summed E-state index contributed by atoms with van der Waals surface area (Å²) in [6.07, 6.45) is 11.0. The van der Waals surface area contributed by atoms with Crippen LogP contribution in [0.1, 0.15) is 128 Å². The SMILES string of the molecule is CCCCC(CC)CN(C[C@@H](CC)CCCC)c1nc(-c2c(C)cc(C)cc2C)c(/C=C2\C(=O)N(N(C)C(=O)C(C)(C)C)C(=O)C(C#N)=C2C)s1. The minimum Gasteiger partial charge on any atom is -0.348 e. The van der Waals surface area contributed by atoms with Gasteiger partial charge >= 0.3 is 0 Å². The predicted molar refractivity (Wildman–Crippen MR) is 211 cm³/mol. The Labute approximate surface area is 311 Å². The van der Waals surface area contributed by atoms with Crippen molar-refractivity contribution < 1.29 is 14.4 Å². The lowest BCUT2D eigenvalue weighted by Crippen LogP contribution is -2.56. The van der Waals surface area contributed by atoms with E-state index in [1.54, 1.807) is 45.1 Å². The fourth-order valence-corrected chi connectivity index (χ4v) is 8.06. The standard InChI is InChI=1S/C42H61N5O3S/c1-13-17-19-31(15-3)25-46(26-32(16-4)20-18-14-2)41-44-37(36-28(6)21-27(5)22-29(36)7)35(51-41)23-33-30(8)34(24-43)39(49)47(38(33)48)45(12)40(50)42(9,10)11/h21-23,31-32H,13-20,25-26H2,1-12H3/b33-23-/t31-,32?/m0/s1. The molecule has 1 aliphatic rings. The molecule has 1 unspecified atom stereocenters. The van der Waals surface area contributed by atoms with E-state index >= 15 is 0 Å². The van der Waals surface area contributed by atoms with Crippen molar-refractivity contribution in [2.45, 2.75) is 128 Å². The highest BCUT2D eigenvalue weighted by Crippen LogP contribution is 2.41. The van der Waals surface area contributed by atoms with E-state index in [1.807, 2.05) is 6.07 Å². The average molecular weight is 716 g/mol. The van der Waals surface area contributed by atoms with Crippen LogP contribution in [0, 0.1) is 49.4 Å². The van der Waals surface area contributed by atoms with Crippen LogP contribution >= 0.6 is 11.3 Å². The Morgan fingerprint density at radius 2 is 1.47 bits per heavy atom. The van der Waals surface area contributed by atoms with Crippen LogP contribution in [0.15, 0.2) is 28.9 Å². The molecule has 0 saturated carbocycles. The zero-order valence-corrected chi connectivity index (χ0v) is 34.1. The minimum atomic E-state index is -0.854. The molecule has 0 aliphatic carbocycles. The Morgan fingerprint density at radius 1 is 0.941 bits per heavy atom. The molecule has 0 fully saturated rings. The Bertz CT molecular complexity index is 1650. The van der Waals surface area contributed by atoms with E-state index in [1.165, 1.54) is 32.7 Å². The molecular formula is C42H61N5O3S. The summed E-state index contributed by atoms with van der Waals surface area (Å²) in [5.74, 6) is -0.782. The van der Waals surface area contributed by atoms with Crippen LogP contribution in [0.3, 0.4) is 0 Å². The molecule has 0 bridgehead atoms. The molecule has 1 aromatic carbocycles. The maximum atomic E-state index is 14.3. The largest absolute Gasteiger partial charge is 0.348 e. The average Bonchev–Trinajstić information content (AvgIpc) is 3.47. The lowest BCUT2D eigenvalue weighted by atomic mass is 9.93. The highest BCUT2D eigenvalue weighted by molar-refractivity contribution is 7.17. The quantitative estimate of drug-likeness (QED) is 0.127. The van der Waals surface area contributed by atoms with Crippen LogP contribution in [0.2, 0.25) is 0 Å². The van der Waals surface area contributed by atoms with Gasteiger partial charge in [0, 0.05) is 36.7 Å². The molecule has 0 saturated heterocycles. The minimum absolute atomic E-state index is 0.159. The molecule has 1 aliphatic heterocycles. The van der Waals surface area contributed by atoms with Crippen molar-refractivity contribution in [1.29, 1.82) is 5.26 Å². The summed E-state index contributed by atoms with van der Waals surface area (Å²) >= 11 is 1.56. The van der Waals surface area contributed by atoms with Gasteiger partial charge in [0.1, 0.15) is 11.6 Å². The van der Waals surface area contributed by atoms with Crippen molar-refractivity contribution in [2.24, 2.45) is 17.3 Å². The summed E-state index contributed by atoms with van der Waals surface area (Å²) in [5.41, 5.74) is 4.63. The van der Waals surface area contributed by atoms with E-state index in [0.29, 0.717) is 17.4 Å². The Morgan fingerprint density at radius 3 is 1.92 bits per heavy atom. The molecule has 3 amide bonds. The number of nitriles is 1. The molecule has 2 aromatic rings. The first-order chi connectivity index (χ1) is 24.0. The number of carbonyl (C=O) groups excluding carboxylic acids is 3. The van der Waals surface area contributed by atoms with Crippen LogP contribution in [0.4, 0.5) is 5.13 Å². The first kappa shape index (κ1) is 41.6. The van der Waals surface area contributed by atoms with Crippen molar-refractivity contribution in [3.8, 4) is 17.3 Å². The molecule has 2 atom stereocenters. The highest BCUT2D eigenvalue weighted by Gasteiger charge is 2.42. The normalized spacial score (nSPS) is 15.7. The molecule has 2 heterocycles. The molecular weight excluding hydrogens is 655 g/mol. The fraction of sp³-hybridized carbons (Fsp3) is 0.595. The van der Waals surface area contributed by atoms with E-state index in [4.69, 9.17) is 4.98 Å². The highest BCUT2D eigenvalue weighted by atomic mass is 32.1. The Balaban J connectivity index is 2.33. The lowest BCUT2D eigenvalue weighted by Gasteiger charge is -2.36. The number of amides is 3. The van der Waals surface area contributed by atoms with Crippen molar-refractivity contribution in [1.82, 2.24) is 15.0 Å². The second kappa shape index (κ2) is 18.1. The second-order valence-corrected chi connectivity index (χ2v) is 16.4. The summed E-state index contributed by atoms with van der Waals surface area (Å²) in [6, 6.07) is 6.34. The van der Waals surface area contributed by atoms with Gasteiger partial charge in [-0.1, -0.05) is 116 Å². The van der Waals surface area contributed by atoms with Gasteiger partial charge in [0.15, 0.2) is 5.13 Å². The zero-order chi connectivity index (χ0) is 38.2.